The number of nitrogens with one attached hydrogen (secondary N) is 1. The molecule has 3 N–H and O–H groups in total. The van der Waals surface area contributed by atoms with E-state index in [9.17, 15) is 13.2 Å². The lowest BCUT2D eigenvalue weighted by molar-refractivity contribution is -0.115. The van der Waals surface area contributed by atoms with Gasteiger partial charge in [-0.3, -0.25) is 9.48 Å². The second-order valence-corrected chi connectivity index (χ2v) is 8.53. The van der Waals surface area contributed by atoms with Crippen molar-refractivity contribution in [3.05, 3.63) is 53.2 Å². The maximum Gasteiger partial charge on any atom is 0.238 e. The molecule has 1 saturated carbocycles. The predicted molar refractivity (Wildman–Crippen MR) is 103 cm³/mol. The first-order valence-electron chi connectivity index (χ1n) is 8.40. The van der Waals surface area contributed by atoms with Crippen molar-refractivity contribution in [2.45, 2.75) is 30.2 Å². The molecular weight excluding hydrogens is 388 g/mol. The number of hydrogen-bond donors (Lipinski definition) is 2. The number of carbonyl (C=O) groups is 1. The van der Waals surface area contributed by atoms with Crippen LogP contribution in [0.3, 0.4) is 0 Å². The number of halogens is 1. The van der Waals surface area contributed by atoms with Crippen LogP contribution in [0.2, 0.25) is 5.02 Å². The van der Waals surface area contributed by atoms with Crippen LogP contribution in [0, 0.1) is 0 Å². The molecule has 140 valence electrons. The summed E-state index contributed by atoms with van der Waals surface area (Å²) in [7, 11) is -3.97. The smallest absolute Gasteiger partial charge is 0.238 e. The number of sulfonamides is 1. The van der Waals surface area contributed by atoms with E-state index in [2.05, 4.69) is 10.4 Å². The van der Waals surface area contributed by atoms with E-state index in [1.807, 2.05) is 0 Å². The number of primary sulfonamides is 1. The number of benzene rings is 2. The van der Waals surface area contributed by atoms with Crippen molar-refractivity contribution < 1.29 is 13.2 Å². The van der Waals surface area contributed by atoms with Gasteiger partial charge < -0.3 is 5.32 Å². The van der Waals surface area contributed by atoms with E-state index in [4.69, 9.17) is 16.7 Å². The zero-order valence-electron chi connectivity index (χ0n) is 14.2. The van der Waals surface area contributed by atoms with E-state index >= 15 is 0 Å². The molecule has 1 aliphatic rings. The van der Waals surface area contributed by atoms with Gasteiger partial charge in [0.2, 0.25) is 15.9 Å². The molecule has 1 aliphatic carbocycles. The molecule has 7 nitrogen and oxygen atoms in total. The summed E-state index contributed by atoms with van der Waals surface area (Å²) in [4.78, 5) is 12.4. The molecule has 0 unspecified atom stereocenters. The summed E-state index contributed by atoms with van der Waals surface area (Å²) in [5.74, 6) is -0.305. The van der Waals surface area contributed by atoms with Gasteiger partial charge in [-0.1, -0.05) is 29.8 Å². The third-order valence-corrected chi connectivity index (χ3v) is 5.79. The fourth-order valence-corrected chi connectivity index (χ4v) is 4.01. The topological polar surface area (TPSA) is 107 Å². The highest BCUT2D eigenvalue weighted by atomic mass is 35.5. The molecule has 0 radical (unpaired) electrons. The second-order valence-electron chi connectivity index (χ2n) is 6.59. The third kappa shape index (κ3) is 3.69. The molecule has 27 heavy (non-hydrogen) atoms. The summed E-state index contributed by atoms with van der Waals surface area (Å²) >= 11 is 6.09. The van der Waals surface area contributed by atoms with Crippen molar-refractivity contribution in [3.8, 4) is 0 Å². The van der Waals surface area contributed by atoms with Crippen molar-refractivity contribution in [2.75, 3.05) is 5.32 Å². The predicted octanol–water partition coefficient (Wildman–Crippen LogP) is 2.85. The van der Waals surface area contributed by atoms with Crippen LogP contribution in [0.25, 0.3) is 10.9 Å². The molecule has 9 heteroatoms. The quantitative estimate of drug-likeness (QED) is 0.681. The maximum atomic E-state index is 12.4. The van der Waals surface area contributed by atoms with Gasteiger partial charge in [-0.25, -0.2) is 13.6 Å². The molecule has 4 rings (SSSR count). The summed E-state index contributed by atoms with van der Waals surface area (Å²) in [5, 5.41) is 13.4. The Labute approximate surface area is 161 Å². The number of nitrogens with zero attached hydrogens (tertiary/aromatic N) is 2. The standard InChI is InChI=1S/C18H17ClN4O3S/c19-15-4-2-1-3-11(15)7-18(24)22-12-8-16-14(17(9-12)27(20,25)26)10-21-23(16)13-5-6-13/h1-4,8-10,13H,5-7H2,(H,22,24)(H2,20,25,26). The van der Waals surface area contributed by atoms with Gasteiger partial charge in [0.15, 0.2) is 0 Å². The average molecular weight is 405 g/mol. The molecule has 1 amide bonds. The lowest BCUT2D eigenvalue weighted by Gasteiger charge is -2.10. The molecule has 2 aromatic carbocycles. The lowest BCUT2D eigenvalue weighted by atomic mass is 10.1. The summed E-state index contributed by atoms with van der Waals surface area (Å²) in [6.07, 6.45) is 3.56. The minimum atomic E-state index is -3.97. The number of anilines is 1. The Morgan fingerprint density at radius 3 is 2.70 bits per heavy atom. The molecule has 0 spiro atoms. The number of nitrogens with two attached hydrogens (primary N) is 1. The molecule has 0 saturated heterocycles. The Hall–Kier alpha value is -2.42. The Bertz CT molecular complexity index is 1150. The molecular formula is C18H17ClN4O3S. The molecule has 1 fully saturated rings. The number of rotatable bonds is 5. The van der Waals surface area contributed by atoms with Crippen LogP contribution in [0.5, 0.6) is 0 Å². The molecule has 3 aromatic rings. The lowest BCUT2D eigenvalue weighted by Crippen LogP contribution is -2.17. The van der Waals surface area contributed by atoms with Gasteiger partial charge in [0.1, 0.15) is 0 Å². The van der Waals surface area contributed by atoms with Crippen molar-refractivity contribution in [1.29, 1.82) is 0 Å². The van der Waals surface area contributed by atoms with Gasteiger partial charge in [0, 0.05) is 16.1 Å². The average Bonchev–Trinajstić information content (AvgIpc) is 3.35. The summed E-state index contributed by atoms with van der Waals surface area (Å²) in [6.45, 7) is 0. The first kappa shape index (κ1) is 18.0. The van der Waals surface area contributed by atoms with Crippen LogP contribution < -0.4 is 10.5 Å². The van der Waals surface area contributed by atoms with Gasteiger partial charge in [-0.2, -0.15) is 5.10 Å². The van der Waals surface area contributed by atoms with E-state index in [1.54, 1.807) is 35.0 Å². The minimum absolute atomic E-state index is 0.0556. The van der Waals surface area contributed by atoms with Crippen molar-refractivity contribution in [3.63, 3.8) is 0 Å². The SMILES string of the molecule is NS(=O)(=O)c1cc(NC(=O)Cc2ccccc2Cl)cc2c1cnn2C1CC1. The zero-order valence-corrected chi connectivity index (χ0v) is 15.8. The Morgan fingerprint density at radius 2 is 2.04 bits per heavy atom. The second kappa shape index (κ2) is 6.63. The zero-order chi connectivity index (χ0) is 19.2. The molecule has 0 bridgehead atoms. The van der Waals surface area contributed by atoms with Crippen LogP contribution in [-0.4, -0.2) is 24.1 Å². The van der Waals surface area contributed by atoms with Gasteiger partial charge in [-0.15, -0.1) is 0 Å². The third-order valence-electron chi connectivity index (χ3n) is 4.47. The fraction of sp³-hybridized carbons (Fsp3) is 0.222. The number of fused-ring (bicyclic) bond motifs is 1. The highest BCUT2D eigenvalue weighted by molar-refractivity contribution is 7.89. The van der Waals surface area contributed by atoms with Crippen molar-refractivity contribution >= 4 is 44.1 Å². The van der Waals surface area contributed by atoms with Gasteiger partial charge in [0.05, 0.1) is 29.1 Å². The highest BCUT2D eigenvalue weighted by Gasteiger charge is 2.28. The Morgan fingerprint density at radius 1 is 1.30 bits per heavy atom. The molecule has 1 aromatic heterocycles. The number of carbonyl (C=O) groups excluding carboxylic acids is 1. The Balaban J connectivity index is 1.70. The van der Waals surface area contributed by atoms with Crippen LogP contribution in [0.4, 0.5) is 5.69 Å². The van der Waals surface area contributed by atoms with Gasteiger partial charge in [0.25, 0.3) is 0 Å². The van der Waals surface area contributed by atoms with E-state index in [0.29, 0.717) is 27.2 Å². The van der Waals surface area contributed by atoms with Crippen molar-refractivity contribution in [1.82, 2.24) is 9.78 Å². The highest BCUT2D eigenvalue weighted by Crippen LogP contribution is 2.38. The molecule has 0 atom stereocenters. The van der Waals surface area contributed by atoms with E-state index in [-0.39, 0.29) is 23.3 Å². The van der Waals surface area contributed by atoms with Crippen LogP contribution in [0.15, 0.2) is 47.5 Å². The summed E-state index contributed by atoms with van der Waals surface area (Å²) in [5.41, 5.74) is 1.68. The maximum absolute atomic E-state index is 12.4. The van der Waals surface area contributed by atoms with E-state index in [0.717, 1.165) is 12.8 Å². The molecule has 1 heterocycles. The Kier molecular flexibility index (Phi) is 4.41. The number of amides is 1. The molecule has 0 aliphatic heterocycles. The van der Waals surface area contributed by atoms with Crippen LogP contribution >= 0.6 is 11.6 Å². The minimum Gasteiger partial charge on any atom is -0.326 e. The first-order chi connectivity index (χ1) is 12.8. The van der Waals surface area contributed by atoms with Gasteiger partial charge in [-0.05, 0) is 36.6 Å². The van der Waals surface area contributed by atoms with Crippen LogP contribution in [-0.2, 0) is 21.2 Å². The van der Waals surface area contributed by atoms with E-state index < -0.39 is 10.0 Å². The number of aromatic nitrogens is 2. The summed E-state index contributed by atoms with van der Waals surface area (Å²) < 4.78 is 25.8. The number of hydrogen-bond acceptors (Lipinski definition) is 4. The summed E-state index contributed by atoms with van der Waals surface area (Å²) in [6, 6.07) is 10.4. The van der Waals surface area contributed by atoms with Gasteiger partial charge >= 0.3 is 0 Å². The largest absolute Gasteiger partial charge is 0.326 e. The normalized spacial score (nSPS) is 14.4. The van der Waals surface area contributed by atoms with Crippen molar-refractivity contribution in [2.24, 2.45) is 5.14 Å². The monoisotopic (exact) mass is 404 g/mol. The fourth-order valence-electron chi connectivity index (χ4n) is 3.05. The van der Waals surface area contributed by atoms with E-state index in [1.165, 1.54) is 12.3 Å². The first-order valence-corrected chi connectivity index (χ1v) is 10.3. The van der Waals surface area contributed by atoms with Crippen LogP contribution in [0.1, 0.15) is 24.4 Å².